The Hall–Kier alpha value is -2.69. The molecule has 0 aliphatic heterocycles. The van der Waals surface area contributed by atoms with E-state index in [4.69, 9.17) is 0 Å². The zero-order chi connectivity index (χ0) is 14.8. The Morgan fingerprint density at radius 3 is 2.76 bits per heavy atom. The minimum Gasteiger partial charge on any atom is -0.334 e. The van der Waals surface area contributed by atoms with Crippen LogP contribution in [0.25, 0.3) is 11.0 Å². The molecule has 3 aromatic rings. The second-order valence-corrected chi connectivity index (χ2v) is 4.98. The molecule has 3 rings (SSSR count). The second kappa shape index (κ2) is 5.36. The first-order chi connectivity index (χ1) is 10.2. The molecule has 1 aromatic carbocycles. The smallest absolute Gasteiger partial charge is 0.255 e. The molecule has 0 aliphatic rings. The topological polar surface area (TPSA) is 51.0 Å². The van der Waals surface area contributed by atoms with E-state index in [9.17, 15) is 4.79 Å². The first-order valence-electron chi connectivity index (χ1n) is 6.72. The van der Waals surface area contributed by atoms with Gasteiger partial charge < -0.3 is 9.47 Å². The quantitative estimate of drug-likeness (QED) is 0.739. The zero-order valence-electron chi connectivity index (χ0n) is 12.0. The van der Waals surface area contributed by atoms with E-state index < -0.39 is 0 Å². The van der Waals surface area contributed by atoms with Crippen molar-refractivity contribution in [1.29, 1.82) is 0 Å². The molecular weight excluding hydrogens is 264 g/mol. The van der Waals surface area contributed by atoms with Crippen LogP contribution in [-0.2, 0) is 13.6 Å². The molecule has 0 spiro atoms. The molecule has 0 saturated carbocycles. The number of hydrogen-bond acceptors (Lipinski definition) is 3. The van der Waals surface area contributed by atoms with Crippen molar-refractivity contribution in [2.75, 3.05) is 7.05 Å². The summed E-state index contributed by atoms with van der Waals surface area (Å²) in [5, 5.41) is 0. The molecule has 0 atom stereocenters. The molecule has 2 aromatic heterocycles. The standard InChI is InChI=1S/C16H16N4O/c1-19(16(21)12-6-5-9-17-10-12)11-15-18-13-7-3-4-8-14(13)20(15)2/h3-10H,11H2,1-2H3. The molecule has 0 unspecified atom stereocenters. The molecule has 5 nitrogen and oxygen atoms in total. The SMILES string of the molecule is CN(Cc1nc2ccccc2n1C)C(=O)c1cccnc1. The highest BCUT2D eigenvalue weighted by Gasteiger charge is 2.15. The minimum absolute atomic E-state index is 0.0600. The number of carbonyl (C=O) groups is 1. The Balaban J connectivity index is 1.85. The summed E-state index contributed by atoms with van der Waals surface area (Å²) in [4.78, 5) is 22.5. The normalized spacial score (nSPS) is 10.8. The van der Waals surface area contributed by atoms with E-state index in [1.807, 2.05) is 35.9 Å². The van der Waals surface area contributed by atoms with E-state index in [-0.39, 0.29) is 5.91 Å². The van der Waals surface area contributed by atoms with Gasteiger partial charge in [-0.05, 0) is 24.3 Å². The Morgan fingerprint density at radius 2 is 2.05 bits per heavy atom. The first kappa shape index (κ1) is 13.3. The minimum atomic E-state index is -0.0600. The average molecular weight is 280 g/mol. The van der Waals surface area contributed by atoms with Crippen molar-refractivity contribution in [3.05, 3.63) is 60.2 Å². The summed E-state index contributed by atoms with van der Waals surface area (Å²) < 4.78 is 2.02. The summed E-state index contributed by atoms with van der Waals surface area (Å²) >= 11 is 0. The lowest BCUT2D eigenvalue weighted by Gasteiger charge is -2.16. The Kier molecular flexibility index (Phi) is 3.39. The van der Waals surface area contributed by atoms with E-state index in [1.54, 1.807) is 36.5 Å². The lowest BCUT2D eigenvalue weighted by Crippen LogP contribution is -2.27. The number of para-hydroxylation sites is 2. The van der Waals surface area contributed by atoms with Crippen LogP contribution in [0.5, 0.6) is 0 Å². The molecule has 2 heterocycles. The highest BCUT2D eigenvalue weighted by molar-refractivity contribution is 5.93. The van der Waals surface area contributed by atoms with Crippen molar-refractivity contribution >= 4 is 16.9 Å². The molecule has 0 N–H and O–H groups in total. The maximum absolute atomic E-state index is 12.3. The average Bonchev–Trinajstić information content (AvgIpc) is 2.84. The van der Waals surface area contributed by atoms with Gasteiger partial charge in [0.1, 0.15) is 5.82 Å². The molecule has 21 heavy (non-hydrogen) atoms. The molecule has 0 saturated heterocycles. The molecule has 0 radical (unpaired) electrons. The van der Waals surface area contributed by atoms with Crippen molar-refractivity contribution in [1.82, 2.24) is 19.4 Å². The summed E-state index contributed by atoms with van der Waals surface area (Å²) in [7, 11) is 3.74. The van der Waals surface area contributed by atoms with Crippen LogP contribution in [0.1, 0.15) is 16.2 Å². The molecule has 106 valence electrons. The van der Waals surface area contributed by atoms with Crippen LogP contribution in [0.2, 0.25) is 0 Å². The number of carbonyl (C=O) groups excluding carboxylic acids is 1. The molecule has 1 amide bonds. The summed E-state index contributed by atoms with van der Waals surface area (Å²) in [6.07, 6.45) is 3.23. The number of aromatic nitrogens is 3. The third kappa shape index (κ3) is 2.50. The van der Waals surface area contributed by atoms with Crippen LogP contribution in [0.4, 0.5) is 0 Å². The Labute approximate surface area is 122 Å². The van der Waals surface area contributed by atoms with Gasteiger partial charge in [-0.3, -0.25) is 9.78 Å². The highest BCUT2D eigenvalue weighted by Crippen LogP contribution is 2.15. The number of nitrogens with zero attached hydrogens (tertiary/aromatic N) is 4. The number of aryl methyl sites for hydroxylation is 1. The number of pyridine rings is 1. The van der Waals surface area contributed by atoms with E-state index in [2.05, 4.69) is 9.97 Å². The second-order valence-electron chi connectivity index (χ2n) is 4.98. The van der Waals surface area contributed by atoms with Gasteiger partial charge in [-0.15, -0.1) is 0 Å². The van der Waals surface area contributed by atoms with Crippen LogP contribution in [0, 0.1) is 0 Å². The molecule has 5 heteroatoms. The van der Waals surface area contributed by atoms with Gasteiger partial charge in [0, 0.05) is 26.5 Å². The lowest BCUT2D eigenvalue weighted by atomic mass is 10.2. The molecule has 0 fully saturated rings. The maximum atomic E-state index is 12.3. The third-order valence-electron chi connectivity index (χ3n) is 3.51. The van der Waals surface area contributed by atoms with E-state index in [0.717, 1.165) is 16.9 Å². The van der Waals surface area contributed by atoms with Gasteiger partial charge in [-0.25, -0.2) is 4.98 Å². The van der Waals surface area contributed by atoms with Crippen molar-refractivity contribution in [2.45, 2.75) is 6.54 Å². The van der Waals surface area contributed by atoms with Gasteiger partial charge in [0.25, 0.3) is 5.91 Å². The van der Waals surface area contributed by atoms with Gasteiger partial charge in [-0.2, -0.15) is 0 Å². The van der Waals surface area contributed by atoms with Gasteiger partial charge in [0.15, 0.2) is 0 Å². The Bertz CT molecular complexity index is 779. The van der Waals surface area contributed by atoms with Crippen LogP contribution < -0.4 is 0 Å². The summed E-state index contributed by atoms with van der Waals surface area (Å²) in [6, 6.07) is 11.5. The summed E-state index contributed by atoms with van der Waals surface area (Å²) in [6.45, 7) is 0.457. The lowest BCUT2D eigenvalue weighted by molar-refractivity contribution is 0.0780. The van der Waals surface area contributed by atoms with Crippen molar-refractivity contribution in [2.24, 2.45) is 7.05 Å². The fourth-order valence-electron chi connectivity index (χ4n) is 2.33. The van der Waals surface area contributed by atoms with Crippen LogP contribution in [-0.4, -0.2) is 32.4 Å². The van der Waals surface area contributed by atoms with E-state index in [0.29, 0.717) is 12.1 Å². The Morgan fingerprint density at radius 1 is 1.24 bits per heavy atom. The van der Waals surface area contributed by atoms with Gasteiger partial charge in [0.05, 0.1) is 23.1 Å². The molecule has 0 bridgehead atoms. The number of benzene rings is 1. The van der Waals surface area contributed by atoms with E-state index >= 15 is 0 Å². The van der Waals surface area contributed by atoms with Gasteiger partial charge in [-0.1, -0.05) is 12.1 Å². The van der Waals surface area contributed by atoms with Crippen molar-refractivity contribution in [3.8, 4) is 0 Å². The predicted octanol–water partition coefficient (Wildman–Crippen LogP) is 2.24. The van der Waals surface area contributed by atoms with Crippen LogP contribution >= 0.6 is 0 Å². The third-order valence-corrected chi connectivity index (χ3v) is 3.51. The highest BCUT2D eigenvalue weighted by atomic mass is 16.2. The van der Waals surface area contributed by atoms with Gasteiger partial charge >= 0.3 is 0 Å². The maximum Gasteiger partial charge on any atom is 0.255 e. The monoisotopic (exact) mass is 280 g/mol. The first-order valence-corrected chi connectivity index (χ1v) is 6.72. The van der Waals surface area contributed by atoms with Crippen LogP contribution in [0.3, 0.4) is 0 Å². The van der Waals surface area contributed by atoms with E-state index in [1.165, 1.54) is 0 Å². The fraction of sp³-hybridized carbons (Fsp3) is 0.188. The van der Waals surface area contributed by atoms with Crippen LogP contribution in [0.15, 0.2) is 48.8 Å². The predicted molar refractivity (Wildman–Crippen MR) is 80.7 cm³/mol. The number of amides is 1. The zero-order valence-corrected chi connectivity index (χ0v) is 12.0. The summed E-state index contributed by atoms with van der Waals surface area (Å²) in [5.41, 5.74) is 2.59. The van der Waals surface area contributed by atoms with Crippen molar-refractivity contribution in [3.63, 3.8) is 0 Å². The summed E-state index contributed by atoms with van der Waals surface area (Å²) in [5.74, 6) is 0.797. The fourth-order valence-corrected chi connectivity index (χ4v) is 2.33. The molecule has 0 aliphatic carbocycles. The van der Waals surface area contributed by atoms with Gasteiger partial charge in [0.2, 0.25) is 0 Å². The number of imidazole rings is 1. The number of hydrogen-bond donors (Lipinski definition) is 0. The largest absolute Gasteiger partial charge is 0.334 e. The number of fused-ring (bicyclic) bond motifs is 1. The number of rotatable bonds is 3. The molecular formula is C16H16N4O. The van der Waals surface area contributed by atoms with Crippen molar-refractivity contribution < 1.29 is 4.79 Å².